The van der Waals surface area contributed by atoms with Gasteiger partial charge in [-0.1, -0.05) is 12.1 Å². The van der Waals surface area contributed by atoms with E-state index in [1.54, 1.807) is 7.11 Å². The van der Waals surface area contributed by atoms with Gasteiger partial charge in [-0.15, -0.1) is 0 Å². The summed E-state index contributed by atoms with van der Waals surface area (Å²) < 4.78 is 17.3. The van der Waals surface area contributed by atoms with Gasteiger partial charge in [-0.3, -0.25) is 4.79 Å². The third kappa shape index (κ3) is 3.85. The van der Waals surface area contributed by atoms with Crippen molar-refractivity contribution in [3.8, 4) is 5.75 Å². The van der Waals surface area contributed by atoms with Gasteiger partial charge in [-0.25, -0.2) is 4.79 Å². The topological polar surface area (TPSA) is 76.1 Å². The molecule has 0 saturated carbocycles. The van der Waals surface area contributed by atoms with Gasteiger partial charge in [0.05, 0.1) is 30.2 Å². The van der Waals surface area contributed by atoms with Crippen LogP contribution in [0.15, 0.2) is 44.0 Å². The first-order valence-electron chi connectivity index (χ1n) is 11.9. The van der Waals surface area contributed by atoms with E-state index >= 15 is 0 Å². The fraction of sp³-hybridized carbons (Fsp3) is 0.357. The molecule has 4 aromatic rings. The maximum Gasteiger partial charge on any atom is 0.340 e. The zero-order valence-electron chi connectivity index (χ0n) is 20.9. The number of para-hydroxylation sites is 2. The lowest BCUT2D eigenvalue weighted by Crippen LogP contribution is -2.49. The first-order chi connectivity index (χ1) is 16.8. The summed E-state index contributed by atoms with van der Waals surface area (Å²) in [5.74, 6) is 1.59. The molecule has 7 nitrogen and oxygen atoms in total. The standard InChI is InChI=1S/C28H30N2O5/c1-16-14-23-26(27-25(16)17(2)19(4)34-27)18(3)20(28(32)35-23)15-24(31)30-12-10-29(11-13-30)21-8-6-7-9-22(21)33-5/h6-9,14H,10-13,15H2,1-5H3. The zero-order chi connectivity index (χ0) is 24.9. The number of aryl methyl sites for hydroxylation is 4. The molecule has 3 heterocycles. The summed E-state index contributed by atoms with van der Waals surface area (Å²) in [5, 5.41) is 1.81. The first-order valence-corrected chi connectivity index (χ1v) is 11.9. The van der Waals surface area contributed by atoms with Crippen LogP contribution in [0.4, 0.5) is 5.69 Å². The fourth-order valence-corrected chi connectivity index (χ4v) is 5.19. The van der Waals surface area contributed by atoms with Crippen LogP contribution >= 0.6 is 0 Å². The lowest BCUT2D eigenvalue weighted by molar-refractivity contribution is -0.130. The maximum absolute atomic E-state index is 13.2. The molecule has 7 heteroatoms. The van der Waals surface area contributed by atoms with Gasteiger partial charge >= 0.3 is 5.63 Å². The predicted octanol–water partition coefficient (Wildman–Crippen LogP) is 4.67. The average molecular weight is 475 g/mol. The molecular formula is C28H30N2O5. The van der Waals surface area contributed by atoms with Crippen molar-refractivity contribution in [2.75, 3.05) is 38.2 Å². The molecule has 35 heavy (non-hydrogen) atoms. The van der Waals surface area contributed by atoms with E-state index in [4.69, 9.17) is 13.6 Å². The molecule has 1 fully saturated rings. The summed E-state index contributed by atoms with van der Waals surface area (Å²) in [6.45, 7) is 10.4. The number of carbonyl (C=O) groups is 1. The Labute approximate surface area is 203 Å². The quantitative estimate of drug-likeness (QED) is 0.400. The second kappa shape index (κ2) is 8.80. The Kier molecular flexibility index (Phi) is 5.79. The number of rotatable bonds is 4. The summed E-state index contributed by atoms with van der Waals surface area (Å²) >= 11 is 0. The van der Waals surface area contributed by atoms with Crippen molar-refractivity contribution < 1.29 is 18.4 Å². The Morgan fingerprint density at radius 1 is 0.971 bits per heavy atom. The number of piperazine rings is 1. The molecule has 182 valence electrons. The lowest BCUT2D eigenvalue weighted by atomic mass is 9.98. The number of amides is 1. The van der Waals surface area contributed by atoms with E-state index < -0.39 is 5.63 Å². The van der Waals surface area contributed by atoms with Crippen molar-refractivity contribution >= 4 is 33.5 Å². The smallest absolute Gasteiger partial charge is 0.340 e. The van der Waals surface area contributed by atoms with Gasteiger partial charge in [0.1, 0.15) is 22.7 Å². The van der Waals surface area contributed by atoms with Crippen LogP contribution in [0.1, 0.15) is 28.0 Å². The molecule has 5 rings (SSSR count). The minimum Gasteiger partial charge on any atom is -0.495 e. The fourth-order valence-electron chi connectivity index (χ4n) is 5.19. The number of methoxy groups -OCH3 is 1. The molecule has 0 aliphatic carbocycles. The Balaban J connectivity index is 1.41. The summed E-state index contributed by atoms with van der Waals surface area (Å²) in [6, 6.07) is 9.78. The van der Waals surface area contributed by atoms with Gasteiger partial charge in [-0.05, 0) is 62.6 Å². The second-order valence-electron chi connectivity index (χ2n) is 9.26. The number of anilines is 1. The Morgan fingerprint density at radius 3 is 2.40 bits per heavy atom. The predicted molar refractivity (Wildman–Crippen MR) is 137 cm³/mol. The minimum atomic E-state index is -0.463. The van der Waals surface area contributed by atoms with Gasteiger partial charge in [0.15, 0.2) is 0 Å². The molecule has 0 atom stereocenters. The van der Waals surface area contributed by atoms with E-state index in [1.807, 2.05) is 62.9 Å². The van der Waals surface area contributed by atoms with E-state index in [1.165, 1.54) is 0 Å². The first kappa shape index (κ1) is 23.0. The van der Waals surface area contributed by atoms with Crippen molar-refractivity contribution in [3.05, 3.63) is 68.8 Å². The number of fused-ring (bicyclic) bond motifs is 3. The van der Waals surface area contributed by atoms with Gasteiger partial charge < -0.3 is 23.4 Å². The monoisotopic (exact) mass is 474 g/mol. The van der Waals surface area contributed by atoms with Crippen LogP contribution < -0.4 is 15.3 Å². The van der Waals surface area contributed by atoms with Gasteiger partial charge in [-0.2, -0.15) is 0 Å². The Hall–Kier alpha value is -3.74. The summed E-state index contributed by atoms with van der Waals surface area (Å²) in [5.41, 5.74) is 4.99. The van der Waals surface area contributed by atoms with Crippen LogP contribution in [-0.2, 0) is 11.2 Å². The normalized spacial score (nSPS) is 14.2. The molecule has 0 bridgehead atoms. The molecule has 1 aliphatic heterocycles. The minimum absolute atomic E-state index is 0.00675. The molecule has 0 radical (unpaired) electrons. The molecule has 0 spiro atoms. The van der Waals surface area contributed by atoms with E-state index in [0.717, 1.165) is 50.2 Å². The van der Waals surface area contributed by atoms with Crippen LogP contribution in [0.2, 0.25) is 0 Å². The van der Waals surface area contributed by atoms with E-state index in [9.17, 15) is 9.59 Å². The van der Waals surface area contributed by atoms with Crippen LogP contribution in [0.25, 0.3) is 21.9 Å². The van der Waals surface area contributed by atoms with Gasteiger partial charge in [0.2, 0.25) is 5.91 Å². The largest absolute Gasteiger partial charge is 0.495 e. The van der Waals surface area contributed by atoms with E-state index in [2.05, 4.69) is 4.90 Å². The number of carbonyl (C=O) groups excluding carboxylic acids is 1. The second-order valence-corrected chi connectivity index (χ2v) is 9.26. The zero-order valence-corrected chi connectivity index (χ0v) is 20.9. The number of hydrogen-bond donors (Lipinski definition) is 0. The van der Waals surface area contributed by atoms with Crippen molar-refractivity contribution in [2.24, 2.45) is 0 Å². The number of benzene rings is 2. The highest BCUT2D eigenvalue weighted by Gasteiger charge is 2.26. The molecule has 2 aromatic carbocycles. The van der Waals surface area contributed by atoms with Crippen LogP contribution in [0.5, 0.6) is 5.75 Å². The highest BCUT2D eigenvalue weighted by molar-refractivity contribution is 6.07. The third-order valence-electron chi connectivity index (χ3n) is 7.26. The molecule has 1 aliphatic rings. The molecule has 0 unspecified atom stereocenters. The van der Waals surface area contributed by atoms with Gasteiger partial charge in [0.25, 0.3) is 0 Å². The van der Waals surface area contributed by atoms with Gasteiger partial charge in [0, 0.05) is 31.6 Å². The summed E-state index contributed by atoms with van der Waals surface area (Å²) in [4.78, 5) is 30.2. The molecule has 1 amide bonds. The van der Waals surface area contributed by atoms with Crippen molar-refractivity contribution in [1.82, 2.24) is 4.90 Å². The number of nitrogens with zero attached hydrogens (tertiary/aromatic N) is 2. The van der Waals surface area contributed by atoms with Crippen LogP contribution in [-0.4, -0.2) is 44.1 Å². The van der Waals surface area contributed by atoms with Crippen molar-refractivity contribution in [1.29, 1.82) is 0 Å². The Morgan fingerprint density at radius 2 is 1.69 bits per heavy atom. The average Bonchev–Trinajstić information content (AvgIpc) is 3.15. The number of hydrogen-bond acceptors (Lipinski definition) is 6. The maximum atomic E-state index is 13.2. The van der Waals surface area contributed by atoms with Crippen LogP contribution in [0, 0.1) is 27.7 Å². The molecule has 2 aromatic heterocycles. The molecule has 1 saturated heterocycles. The van der Waals surface area contributed by atoms with E-state index in [0.29, 0.717) is 37.3 Å². The van der Waals surface area contributed by atoms with Crippen molar-refractivity contribution in [3.63, 3.8) is 0 Å². The number of ether oxygens (including phenoxy) is 1. The highest BCUT2D eigenvalue weighted by Crippen LogP contribution is 2.36. The summed E-state index contributed by atoms with van der Waals surface area (Å²) in [6.07, 6.45) is 0.00675. The summed E-state index contributed by atoms with van der Waals surface area (Å²) in [7, 11) is 1.66. The third-order valence-corrected chi connectivity index (χ3v) is 7.26. The van der Waals surface area contributed by atoms with E-state index in [-0.39, 0.29) is 12.3 Å². The van der Waals surface area contributed by atoms with Crippen molar-refractivity contribution in [2.45, 2.75) is 34.1 Å². The highest BCUT2D eigenvalue weighted by atomic mass is 16.5. The van der Waals surface area contributed by atoms with Crippen LogP contribution in [0.3, 0.4) is 0 Å². The molecule has 0 N–H and O–H groups in total. The Bertz CT molecular complexity index is 1510. The lowest BCUT2D eigenvalue weighted by Gasteiger charge is -2.36. The number of furan rings is 1. The molecular weight excluding hydrogens is 444 g/mol. The SMILES string of the molecule is COc1ccccc1N1CCN(C(=O)Cc2c(C)c3c(cc(C)c4c(C)c(C)oc43)oc2=O)CC1.